The molecule has 1 aliphatic heterocycles. The molecule has 1 aromatic carbocycles. The summed E-state index contributed by atoms with van der Waals surface area (Å²) < 4.78 is 7.45. The lowest BCUT2D eigenvalue weighted by Crippen LogP contribution is -2.46. The van der Waals surface area contributed by atoms with Crippen molar-refractivity contribution < 1.29 is 4.74 Å². The van der Waals surface area contributed by atoms with Crippen molar-refractivity contribution in [3.63, 3.8) is 0 Å². The molecule has 2 heterocycles. The van der Waals surface area contributed by atoms with E-state index in [2.05, 4.69) is 16.3 Å². The third-order valence-electron chi connectivity index (χ3n) is 4.04. The third kappa shape index (κ3) is 2.66. The van der Waals surface area contributed by atoms with Crippen LogP contribution in [0.3, 0.4) is 0 Å². The fraction of sp³-hybridized carbons (Fsp3) is 0.438. The van der Waals surface area contributed by atoms with E-state index in [9.17, 15) is 4.79 Å². The van der Waals surface area contributed by atoms with Gasteiger partial charge in [0.2, 0.25) is 0 Å². The molecule has 0 bridgehead atoms. The van der Waals surface area contributed by atoms with E-state index in [-0.39, 0.29) is 11.7 Å². The quantitative estimate of drug-likeness (QED) is 0.913. The van der Waals surface area contributed by atoms with Gasteiger partial charge in [-0.1, -0.05) is 18.2 Å². The number of pyridine rings is 1. The molecule has 5 heteroatoms. The lowest BCUT2D eigenvalue weighted by atomic mass is 10.1. The first-order chi connectivity index (χ1) is 10.2. The lowest BCUT2D eigenvalue weighted by molar-refractivity contribution is 0.0422. The fourth-order valence-corrected chi connectivity index (χ4v) is 2.94. The maximum atomic E-state index is 12.2. The first-order valence-electron chi connectivity index (χ1n) is 7.30. The minimum Gasteiger partial charge on any atom is -0.373 e. The van der Waals surface area contributed by atoms with Crippen LogP contribution in [0.25, 0.3) is 10.9 Å². The van der Waals surface area contributed by atoms with Gasteiger partial charge in [0.1, 0.15) is 0 Å². The topological polar surface area (TPSA) is 46.5 Å². The molecule has 1 atom stereocenters. The second-order valence-corrected chi connectivity index (χ2v) is 5.44. The van der Waals surface area contributed by atoms with Gasteiger partial charge in [-0.05, 0) is 13.1 Å². The summed E-state index contributed by atoms with van der Waals surface area (Å²) in [6, 6.07) is 9.79. The van der Waals surface area contributed by atoms with Crippen LogP contribution in [0.4, 0.5) is 5.69 Å². The first kappa shape index (κ1) is 14.1. The molecule has 1 unspecified atom stereocenters. The molecule has 1 saturated heterocycles. The van der Waals surface area contributed by atoms with Gasteiger partial charge in [-0.25, -0.2) is 0 Å². The van der Waals surface area contributed by atoms with E-state index in [4.69, 9.17) is 4.74 Å². The summed E-state index contributed by atoms with van der Waals surface area (Å²) in [6.07, 6.45) is 0.159. The maximum Gasteiger partial charge on any atom is 0.252 e. The van der Waals surface area contributed by atoms with E-state index in [0.29, 0.717) is 6.61 Å². The molecule has 2 aromatic rings. The highest BCUT2D eigenvalue weighted by molar-refractivity contribution is 5.91. The number of fused-ring (bicyclic) bond motifs is 1. The third-order valence-corrected chi connectivity index (χ3v) is 4.04. The summed E-state index contributed by atoms with van der Waals surface area (Å²) in [7, 11) is 3.74. The SMILES string of the molecule is CNCC1CN(c2cc(=O)n(C)c3ccccc23)CCO1. The molecule has 1 aliphatic rings. The van der Waals surface area contributed by atoms with E-state index in [0.717, 1.165) is 36.2 Å². The zero-order valence-electron chi connectivity index (χ0n) is 12.5. The molecule has 1 aromatic heterocycles. The van der Waals surface area contributed by atoms with Gasteiger partial charge in [-0.15, -0.1) is 0 Å². The number of hydrogen-bond donors (Lipinski definition) is 1. The number of hydrogen-bond acceptors (Lipinski definition) is 4. The van der Waals surface area contributed by atoms with Crippen molar-refractivity contribution in [2.75, 3.05) is 38.2 Å². The molecule has 112 valence electrons. The van der Waals surface area contributed by atoms with E-state index >= 15 is 0 Å². The van der Waals surface area contributed by atoms with Crippen LogP contribution in [0, 0.1) is 0 Å². The Kier molecular flexibility index (Phi) is 3.94. The predicted molar refractivity (Wildman–Crippen MR) is 85.1 cm³/mol. The van der Waals surface area contributed by atoms with Crippen molar-refractivity contribution in [1.82, 2.24) is 9.88 Å². The number of benzene rings is 1. The Labute approximate surface area is 124 Å². The standard InChI is InChI=1S/C16H21N3O2/c1-17-10-12-11-19(7-8-21-12)15-9-16(20)18(2)14-6-4-3-5-13(14)15/h3-6,9,12,17H,7-8,10-11H2,1-2H3. The van der Waals surface area contributed by atoms with Gasteiger partial charge in [0.15, 0.2) is 0 Å². The van der Waals surface area contributed by atoms with Crippen LogP contribution in [0.2, 0.25) is 0 Å². The van der Waals surface area contributed by atoms with Gasteiger partial charge in [-0.3, -0.25) is 4.79 Å². The number of nitrogens with one attached hydrogen (secondary N) is 1. The molecular formula is C16H21N3O2. The van der Waals surface area contributed by atoms with Crippen LogP contribution in [-0.4, -0.2) is 44.0 Å². The van der Waals surface area contributed by atoms with Gasteiger partial charge < -0.3 is 19.5 Å². The molecule has 1 N–H and O–H groups in total. The molecule has 3 rings (SSSR count). The Morgan fingerprint density at radius 1 is 1.38 bits per heavy atom. The summed E-state index contributed by atoms with van der Waals surface area (Å²) in [5.74, 6) is 0. The second-order valence-electron chi connectivity index (χ2n) is 5.44. The van der Waals surface area contributed by atoms with Gasteiger partial charge >= 0.3 is 0 Å². The number of aryl methyl sites for hydroxylation is 1. The Bertz CT molecular complexity index is 693. The minimum atomic E-state index is 0.0281. The monoisotopic (exact) mass is 287 g/mol. The number of aromatic nitrogens is 1. The summed E-state index contributed by atoms with van der Waals surface area (Å²) in [6.45, 7) is 3.13. The zero-order chi connectivity index (χ0) is 14.8. The molecule has 1 fully saturated rings. The molecule has 0 amide bonds. The van der Waals surface area contributed by atoms with Crippen molar-refractivity contribution in [2.24, 2.45) is 7.05 Å². The Balaban J connectivity index is 2.04. The van der Waals surface area contributed by atoms with E-state index in [1.54, 1.807) is 10.6 Å². The van der Waals surface area contributed by atoms with E-state index in [1.807, 2.05) is 32.3 Å². The van der Waals surface area contributed by atoms with Crippen molar-refractivity contribution in [1.29, 1.82) is 0 Å². The van der Waals surface area contributed by atoms with Crippen LogP contribution in [0.5, 0.6) is 0 Å². The maximum absolute atomic E-state index is 12.2. The number of para-hydroxylation sites is 1. The van der Waals surface area contributed by atoms with Gasteiger partial charge in [-0.2, -0.15) is 0 Å². The number of rotatable bonds is 3. The molecule has 0 spiro atoms. The minimum absolute atomic E-state index is 0.0281. The van der Waals surface area contributed by atoms with Crippen molar-refractivity contribution in [3.8, 4) is 0 Å². The van der Waals surface area contributed by atoms with Gasteiger partial charge in [0.25, 0.3) is 5.56 Å². The molecule has 5 nitrogen and oxygen atoms in total. The van der Waals surface area contributed by atoms with Crippen molar-refractivity contribution >= 4 is 16.6 Å². The first-order valence-corrected chi connectivity index (χ1v) is 7.30. The van der Waals surface area contributed by atoms with E-state index in [1.165, 1.54) is 0 Å². The highest BCUT2D eigenvalue weighted by Gasteiger charge is 2.22. The molecule has 21 heavy (non-hydrogen) atoms. The summed E-state index contributed by atoms with van der Waals surface area (Å²) in [5.41, 5.74) is 2.01. The Morgan fingerprint density at radius 2 is 2.19 bits per heavy atom. The van der Waals surface area contributed by atoms with Crippen molar-refractivity contribution in [3.05, 3.63) is 40.7 Å². The Morgan fingerprint density at radius 3 is 3.00 bits per heavy atom. The van der Waals surface area contributed by atoms with Gasteiger partial charge in [0, 0.05) is 38.1 Å². The molecule has 0 saturated carbocycles. The van der Waals surface area contributed by atoms with Gasteiger partial charge in [0.05, 0.1) is 23.9 Å². The predicted octanol–water partition coefficient (Wildman–Crippen LogP) is 0.963. The number of anilines is 1. The number of likely N-dealkylation sites (N-methyl/N-ethyl adjacent to an activating group) is 1. The van der Waals surface area contributed by atoms with Crippen LogP contribution in [0.15, 0.2) is 35.1 Å². The Hall–Kier alpha value is -1.85. The number of morpholine rings is 1. The molecule has 0 radical (unpaired) electrons. The summed E-state index contributed by atoms with van der Waals surface area (Å²) in [5, 5.41) is 4.27. The lowest BCUT2D eigenvalue weighted by Gasteiger charge is -2.35. The highest BCUT2D eigenvalue weighted by Crippen LogP contribution is 2.26. The van der Waals surface area contributed by atoms with E-state index < -0.39 is 0 Å². The number of nitrogens with zero attached hydrogens (tertiary/aromatic N) is 2. The van der Waals surface area contributed by atoms with Crippen LogP contribution in [-0.2, 0) is 11.8 Å². The normalized spacial score (nSPS) is 19.1. The number of ether oxygens (including phenoxy) is 1. The summed E-state index contributed by atoms with van der Waals surface area (Å²) in [4.78, 5) is 14.5. The fourth-order valence-electron chi connectivity index (χ4n) is 2.94. The average Bonchev–Trinajstić information content (AvgIpc) is 2.51. The largest absolute Gasteiger partial charge is 0.373 e. The highest BCUT2D eigenvalue weighted by atomic mass is 16.5. The van der Waals surface area contributed by atoms with Crippen LogP contribution in [0.1, 0.15) is 0 Å². The van der Waals surface area contributed by atoms with Crippen LogP contribution < -0.4 is 15.8 Å². The summed E-state index contributed by atoms with van der Waals surface area (Å²) >= 11 is 0. The van der Waals surface area contributed by atoms with Crippen molar-refractivity contribution in [2.45, 2.75) is 6.10 Å². The van der Waals surface area contributed by atoms with Crippen LogP contribution >= 0.6 is 0 Å². The smallest absolute Gasteiger partial charge is 0.252 e. The zero-order valence-corrected chi connectivity index (χ0v) is 12.5. The second kappa shape index (κ2) is 5.87. The molecule has 0 aliphatic carbocycles. The average molecular weight is 287 g/mol. The molecular weight excluding hydrogens is 266 g/mol.